The minimum atomic E-state index is -0.619. The van der Waals surface area contributed by atoms with Gasteiger partial charge in [-0.05, 0) is 0 Å². The van der Waals surface area contributed by atoms with E-state index in [0.717, 1.165) is 0 Å². The van der Waals surface area contributed by atoms with Crippen molar-refractivity contribution in [3.8, 4) is 11.6 Å². The van der Waals surface area contributed by atoms with Gasteiger partial charge in [0.05, 0.1) is 19.0 Å². The Morgan fingerprint density at radius 1 is 1.67 bits per heavy atom. The Bertz CT molecular complexity index is 449. The molecule has 2 heterocycles. The normalized spacial score (nSPS) is 13.0. The van der Waals surface area contributed by atoms with E-state index in [1.54, 1.807) is 17.1 Å². The lowest BCUT2D eigenvalue weighted by molar-refractivity contribution is 0.260. The van der Waals surface area contributed by atoms with Crippen molar-refractivity contribution in [2.75, 3.05) is 6.61 Å². The molecule has 0 saturated heterocycles. The van der Waals surface area contributed by atoms with Gasteiger partial charge < -0.3 is 19.9 Å². The molecule has 0 aliphatic carbocycles. The van der Waals surface area contributed by atoms with Crippen LogP contribution in [-0.4, -0.2) is 31.4 Å². The molecule has 15 heavy (non-hydrogen) atoms. The molecule has 1 atom stereocenters. The highest BCUT2D eigenvalue weighted by atomic mass is 16.5. The highest BCUT2D eigenvalue weighted by Gasteiger charge is 2.15. The maximum atomic E-state index is 8.81. The molecular formula is C8H11N5O2. The lowest BCUT2D eigenvalue weighted by Crippen LogP contribution is -2.15. The van der Waals surface area contributed by atoms with Crippen LogP contribution in [0.2, 0.25) is 0 Å². The number of nitrogens with zero attached hydrogens (tertiary/aromatic N) is 4. The van der Waals surface area contributed by atoms with Crippen LogP contribution in [0.4, 0.5) is 0 Å². The van der Waals surface area contributed by atoms with Crippen molar-refractivity contribution in [3.05, 3.63) is 18.3 Å². The molecule has 0 aliphatic heterocycles. The van der Waals surface area contributed by atoms with E-state index in [1.807, 2.05) is 7.05 Å². The smallest absolute Gasteiger partial charge is 0.278 e. The molecule has 0 aromatic carbocycles. The summed E-state index contributed by atoms with van der Waals surface area (Å²) in [5.41, 5.74) is 6.11. The predicted molar refractivity (Wildman–Crippen MR) is 50.5 cm³/mol. The molecule has 0 radical (unpaired) electrons. The topological polar surface area (TPSA) is 103 Å². The van der Waals surface area contributed by atoms with E-state index in [-0.39, 0.29) is 12.4 Å². The van der Waals surface area contributed by atoms with Crippen LogP contribution in [0.15, 0.2) is 17.0 Å². The van der Waals surface area contributed by atoms with Gasteiger partial charge in [0.2, 0.25) is 0 Å². The third-order valence-electron chi connectivity index (χ3n) is 1.89. The molecule has 0 bridgehead atoms. The summed E-state index contributed by atoms with van der Waals surface area (Å²) in [6.45, 7) is -0.221. The van der Waals surface area contributed by atoms with E-state index >= 15 is 0 Å². The molecule has 2 aromatic rings. The Labute approximate surface area is 85.5 Å². The molecule has 2 rings (SSSR count). The number of hydrogen-bond donors (Lipinski definition) is 2. The summed E-state index contributed by atoms with van der Waals surface area (Å²) in [6.07, 6.45) is 3.38. The van der Waals surface area contributed by atoms with Crippen molar-refractivity contribution in [1.29, 1.82) is 0 Å². The van der Waals surface area contributed by atoms with Crippen LogP contribution in [0.5, 0.6) is 0 Å². The van der Waals surface area contributed by atoms with Crippen LogP contribution >= 0.6 is 0 Å². The zero-order valence-electron chi connectivity index (χ0n) is 8.16. The molecule has 0 aliphatic rings. The average Bonchev–Trinajstić information content (AvgIpc) is 2.84. The molecular weight excluding hydrogens is 198 g/mol. The standard InChI is InChI=1S/C8H11N5O2/c1-13-2-6(10-4-13)8-11-7(12-15-8)5(9)3-14/h2,4-5,14H,3,9H2,1H3. The first kappa shape index (κ1) is 9.81. The van der Waals surface area contributed by atoms with Gasteiger partial charge in [-0.2, -0.15) is 4.98 Å². The molecule has 3 N–H and O–H groups in total. The van der Waals surface area contributed by atoms with E-state index in [1.165, 1.54) is 0 Å². The highest BCUT2D eigenvalue weighted by molar-refractivity contribution is 5.44. The van der Waals surface area contributed by atoms with Gasteiger partial charge in [0.15, 0.2) is 5.82 Å². The van der Waals surface area contributed by atoms with Gasteiger partial charge in [0, 0.05) is 13.2 Å². The Kier molecular flexibility index (Phi) is 2.48. The van der Waals surface area contributed by atoms with Crippen molar-refractivity contribution in [2.24, 2.45) is 12.8 Å². The molecule has 7 heteroatoms. The van der Waals surface area contributed by atoms with E-state index in [4.69, 9.17) is 15.4 Å². The fourth-order valence-electron chi connectivity index (χ4n) is 1.09. The number of aromatic nitrogens is 4. The first-order chi connectivity index (χ1) is 7.20. The van der Waals surface area contributed by atoms with Crippen LogP contribution in [-0.2, 0) is 7.05 Å². The molecule has 80 valence electrons. The summed E-state index contributed by atoms with van der Waals surface area (Å²) >= 11 is 0. The molecule has 0 saturated carbocycles. The summed E-state index contributed by atoms with van der Waals surface area (Å²) in [7, 11) is 1.84. The minimum absolute atomic E-state index is 0.221. The summed E-state index contributed by atoms with van der Waals surface area (Å²) in [6, 6.07) is -0.619. The zero-order chi connectivity index (χ0) is 10.8. The summed E-state index contributed by atoms with van der Waals surface area (Å²) in [5.74, 6) is 0.577. The molecule has 0 fully saturated rings. The summed E-state index contributed by atoms with van der Waals surface area (Å²) in [4.78, 5) is 8.07. The monoisotopic (exact) mass is 209 g/mol. The Morgan fingerprint density at radius 2 is 2.47 bits per heavy atom. The minimum Gasteiger partial charge on any atom is -0.394 e. The second-order valence-electron chi connectivity index (χ2n) is 3.17. The van der Waals surface area contributed by atoms with E-state index < -0.39 is 6.04 Å². The van der Waals surface area contributed by atoms with Crippen LogP contribution in [0, 0.1) is 0 Å². The summed E-state index contributed by atoms with van der Waals surface area (Å²) in [5, 5.41) is 12.5. The molecule has 0 amide bonds. The number of aryl methyl sites for hydroxylation is 1. The van der Waals surface area contributed by atoms with Gasteiger partial charge in [-0.15, -0.1) is 0 Å². The van der Waals surface area contributed by atoms with E-state index in [9.17, 15) is 0 Å². The van der Waals surface area contributed by atoms with Gasteiger partial charge >= 0.3 is 0 Å². The maximum absolute atomic E-state index is 8.81. The van der Waals surface area contributed by atoms with Crippen LogP contribution in [0.1, 0.15) is 11.9 Å². The number of hydrogen-bond acceptors (Lipinski definition) is 6. The zero-order valence-corrected chi connectivity index (χ0v) is 8.16. The molecule has 0 spiro atoms. The van der Waals surface area contributed by atoms with Gasteiger partial charge in [-0.25, -0.2) is 4.98 Å². The average molecular weight is 209 g/mol. The van der Waals surface area contributed by atoms with Gasteiger partial charge in [-0.1, -0.05) is 5.16 Å². The Morgan fingerprint density at radius 3 is 3.07 bits per heavy atom. The first-order valence-electron chi connectivity index (χ1n) is 4.39. The van der Waals surface area contributed by atoms with Crippen molar-refractivity contribution in [3.63, 3.8) is 0 Å². The number of nitrogens with two attached hydrogens (primary N) is 1. The van der Waals surface area contributed by atoms with Crippen molar-refractivity contribution in [1.82, 2.24) is 19.7 Å². The quantitative estimate of drug-likeness (QED) is 0.703. The van der Waals surface area contributed by atoms with Crippen molar-refractivity contribution in [2.45, 2.75) is 6.04 Å². The van der Waals surface area contributed by atoms with Crippen molar-refractivity contribution < 1.29 is 9.63 Å². The Hall–Kier alpha value is -1.73. The van der Waals surface area contributed by atoms with Crippen LogP contribution in [0.3, 0.4) is 0 Å². The fraction of sp³-hybridized carbons (Fsp3) is 0.375. The maximum Gasteiger partial charge on any atom is 0.278 e. The number of aliphatic hydroxyl groups is 1. The lowest BCUT2D eigenvalue weighted by atomic mass is 10.3. The first-order valence-corrected chi connectivity index (χ1v) is 4.39. The number of imidazole rings is 1. The molecule has 1 unspecified atom stereocenters. The predicted octanol–water partition coefficient (Wildman–Crippen LogP) is -0.538. The highest BCUT2D eigenvalue weighted by Crippen LogP contribution is 2.15. The van der Waals surface area contributed by atoms with E-state index in [2.05, 4.69) is 15.1 Å². The molecule has 7 nitrogen and oxygen atoms in total. The third-order valence-corrected chi connectivity index (χ3v) is 1.89. The fourth-order valence-corrected chi connectivity index (χ4v) is 1.09. The Balaban J connectivity index is 2.27. The summed E-state index contributed by atoms with van der Waals surface area (Å²) < 4.78 is 6.73. The number of aliphatic hydroxyl groups excluding tert-OH is 1. The van der Waals surface area contributed by atoms with Crippen LogP contribution in [0.25, 0.3) is 11.6 Å². The SMILES string of the molecule is Cn1cnc(-c2nc(C(N)CO)no2)c1. The van der Waals surface area contributed by atoms with Gasteiger partial charge in [0.25, 0.3) is 5.89 Å². The van der Waals surface area contributed by atoms with Crippen LogP contribution < -0.4 is 5.73 Å². The molecule has 2 aromatic heterocycles. The second kappa shape index (κ2) is 3.79. The largest absolute Gasteiger partial charge is 0.394 e. The number of rotatable bonds is 3. The second-order valence-corrected chi connectivity index (χ2v) is 3.17. The lowest BCUT2D eigenvalue weighted by Gasteiger charge is -1.98. The third kappa shape index (κ3) is 1.88. The van der Waals surface area contributed by atoms with Crippen molar-refractivity contribution >= 4 is 0 Å². The van der Waals surface area contributed by atoms with Gasteiger partial charge in [0.1, 0.15) is 5.69 Å². The van der Waals surface area contributed by atoms with Gasteiger partial charge in [-0.3, -0.25) is 0 Å². The van der Waals surface area contributed by atoms with E-state index in [0.29, 0.717) is 11.6 Å².